The van der Waals surface area contributed by atoms with Gasteiger partial charge in [0.15, 0.2) is 0 Å². The highest BCUT2D eigenvalue weighted by Crippen LogP contribution is 2.56. The lowest BCUT2D eigenvalue weighted by Crippen LogP contribution is -2.54. The van der Waals surface area contributed by atoms with Crippen molar-refractivity contribution in [3.05, 3.63) is 112 Å². The zero-order chi connectivity index (χ0) is 30.6. The second kappa shape index (κ2) is 12.5. The maximum atomic E-state index is 14.6. The molecule has 3 rings (SSSR count). The Labute approximate surface area is 237 Å². The molecule has 0 amide bonds. The number of halogens is 6. The molecular formula is C33H34F6O2. The molecule has 41 heavy (non-hydrogen) atoms. The van der Waals surface area contributed by atoms with Gasteiger partial charge < -0.3 is 9.47 Å². The van der Waals surface area contributed by atoms with Gasteiger partial charge in [0.2, 0.25) is 5.41 Å². The summed E-state index contributed by atoms with van der Waals surface area (Å²) in [4.78, 5) is 0. The molecule has 2 nitrogen and oxygen atoms in total. The Morgan fingerprint density at radius 3 is 1.63 bits per heavy atom. The molecule has 0 N–H and O–H groups in total. The van der Waals surface area contributed by atoms with E-state index in [0.717, 1.165) is 83.6 Å². The maximum Gasteiger partial charge on any atom is 0.411 e. The fraction of sp³-hybridized carbons (Fsp3) is 0.333. The van der Waals surface area contributed by atoms with Crippen LogP contribution < -0.4 is 9.47 Å². The van der Waals surface area contributed by atoms with Gasteiger partial charge in [-0.05, 0) is 111 Å². The van der Waals surface area contributed by atoms with Crippen LogP contribution >= 0.6 is 0 Å². The number of aryl methyl sites for hydroxylation is 2. The van der Waals surface area contributed by atoms with E-state index in [1.807, 2.05) is 40.7 Å². The fourth-order valence-electron chi connectivity index (χ4n) is 4.71. The van der Waals surface area contributed by atoms with Gasteiger partial charge in [-0.2, -0.15) is 26.3 Å². The molecule has 0 aliphatic carbocycles. The summed E-state index contributed by atoms with van der Waals surface area (Å²) in [6.07, 6.45) is -7.97. The Kier molecular flexibility index (Phi) is 9.67. The van der Waals surface area contributed by atoms with Crippen LogP contribution in [0, 0.1) is 6.92 Å². The Balaban J connectivity index is 2.00. The highest BCUT2D eigenvalue weighted by atomic mass is 19.4. The third kappa shape index (κ3) is 6.80. The van der Waals surface area contributed by atoms with E-state index in [1.165, 1.54) is 0 Å². The number of rotatable bonds is 9. The first-order chi connectivity index (χ1) is 19.1. The van der Waals surface area contributed by atoms with Crippen molar-refractivity contribution >= 4 is 0 Å². The quantitative estimate of drug-likeness (QED) is 0.143. The molecule has 8 heteroatoms. The molecular weight excluding hydrogens is 542 g/mol. The molecule has 220 valence electrons. The van der Waals surface area contributed by atoms with Gasteiger partial charge in [-0.1, -0.05) is 49.8 Å². The van der Waals surface area contributed by atoms with E-state index < -0.39 is 28.9 Å². The SMILES string of the molecule is CC/C(C)=C(C)\C=C(/C)Oc1ccc(C(c2ccc(Oc3ccc(CC)c(C)c3)cc2)(C(F)(F)F)C(F)(F)F)cc1. The van der Waals surface area contributed by atoms with Crippen molar-refractivity contribution in [1.29, 1.82) is 0 Å². The first kappa shape index (κ1) is 31.8. The summed E-state index contributed by atoms with van der Waals surface area (Å²) in [6.45, 7) is 11.4. The molecule has 0 bridgehead atoms. The van der Waals surface area contributed by atoms with E-state index >= 15 is 0 Å². The molecule has 0 atom stereocenters. The van der Waals surface area contributed by atoms with Crippen molar-refractivity contribution in [3.8, 4) is 17.2 Å². The lowest BCUT2D eigenvalue weighted by atomic mass is 9.73. The smallest absolute Gasteiger partial charge is 0.411 e. The van der Waals surface area contributed by atoms with Gasteiger partial charge in [-0.15, -0.1) is 0 Å². The Bertz CT molecular complexity index is 1380. The van der Waals surface area contributed by atoms with Gasteiger partial charge >= 0.3 is 12.4 Å². The minimum Gasteiger partial charge on any atom is -0.462 e. The van der Waals surface area contributed by atoms with Crippen LogP contribution in [0.15, 0.2) is 89.7 Å². The number of allylic oxidation sites excluding steroid dienone is 4. The van der Waals surface area contributed by atoms with E-state index in [0.29, 0.717) is 11.5 Å². The number of benzene rings is 3. The third-order valence-electron chi connectivity index (χ3n) is 7.26. The molecule has 0 aliphatic heterocycles. The molecule has 0 unspecified atom stereocenters. The molecule has 0 radical (unpaired) electrons. The van der Waals surface area contributed by atoms with E-state index in [-0.39, 0.29) is 11.5 Å². The van der Waals surface area contributed by atoms with Crippen LogP contribution in [0.25, 0.3) is 0 Å². The lowest BCUT2D eigenvalue weighted by molar-refractivity contribution is -0.288. The first-order valence-electron chi connectivity index (χ1n) is 13.3. The monoisotopic (exact) mass is 576 g/mol. The van der Waals surface area contributed by atoms with Crippen molar-refractivity contribution in [3.63, 3.8) is 0 Å². The van der Waals surface area contributed by atoms with Crippen LogP contribution in [0.5, 0.6) is 17.2 Å². The normalized spacial score (nSPS) is 13.6. The lowest BCUT2D eigenvalue weighted by Gasteiger charge is -2.38. The number of hydrogen-bond acceptors (Lipinski definition) is 2. The van der Waals surface area contributed by atoms with Gasteiger partial charge in [0.1, 0.15) is 23.0 Å². The van der Waals surface area contributed by atoms with E-state index in [9.17, 15) is 26.3 Å². The van der Waals surface area contributed by atoms with Crippen molar-refractivity contribution in [1.82, 2.24) is 0 Å². The second-order valence-corrected chi connectivity index (χ2v) is 10.0. The highest BCUT2D eigenvalue weighted by molar-refractivity contribution is 5.48. The maximum absolute atomic E-state index is 14.6. The third-order valence-corrected chi connectivity index (χ3v) is 7.26. The molecule has 3 aromatic rings. The van der Waals surface area contributed by atoms with Crippen molar-refractivity contribution in [2.24, 2.45) is 0 Å². The predicted molar refractivity (Wildman–Crippen MR) is 149 cm³/mol. The van der Waals surface area contributed by atoms with Crippen LogP contribution in [-0.2, 0) is 11.8 Å². The molecule has 0 spiro atoms. The zero-order valence-electron chi connectivity index (χ0n) is 23.9. The minimum absolute atomic E-state index is 0.115. The molecule has 0 saturated heterocycles. The molecule has 0 saturated carbocycles. The standard InChI is InChI=1S/C33H34F6O2/c1-7-21(3)22(4)19-24(6)40-28-15-10-26(11-16-28)31(32(34,35)36,33(37,38)39)27-12-17-29(18-13-27)41-30-14-9-25(8-2)23(5)20-30/h9-20H,7-8H2,1-6H3/b22-21-,24-19+. The molecule has 0 heterocycles. The Hall–Kier alpha value is -3.68. The average Bonchev–Trinajstić information content (AvgIpc) is 2.89. The van der Waals surface area contributed by atoms with Gasteiger partial charge in [-0.3, -0.25) is 0 Å². The Morgan fingerprint density at radius 1 is 0.707 bits per heavy atom. The summed E-state index contributed by atoms with van der Waals surface area (Å²) in [5.41, 5.74) is -2.03. The van der Waals surface area contributed by atoms with Crippen LogP contribution in [0.4, 0.5) is 26.3 Å². The highest BCUT2D eigenvalue weighted by Gasteiger charge is 2.72. The van der Waals surface area contributed by atoms with Gasteiger partial charge in [0.05, 0.1) is 0 Å². The molecule has 0 fully saturated rings. The summed E-state index contributed by atoms with van der Waals surface area (Å²) in [5.74, 6) is 1.12. The molecule has 3 aromatic carbocycles. The summed E-state index contributed by atoms with van der Waals surface area (Å²) >= 11 is 0. The summed E-state index contributed by atoms with van der Waals surface area (Å²) in [5, 5.41) is 0. The summed E-state index contributed by atoms with van der Waals surface area (Å²) in [6, 6.07) is 13.1. The summed E-state index contributed by atoms with van der Waals surface area (Å²) in [7, 11) is 0. The van der Waals surface area contributed by atoms with Gasteiger partial charge in [-0.25, -0.2) is 0 Å². The topological polar surface area (TPSA) is 18.5 Å². The van der Waals surface area contributed by atoms with Crippen LogP contribution in [0.1, 0.15) is 63.3 Å². The van der Waals surface area contributed by atoms with Crippen LogP contribution in [0.3, 0.4) is 0 Å². The van der Waals surface area contributed by atoms with Gasteiger partial charge in [0.25, 0.3) is 0 Å². The molecule has 0 aromatic heterocycles. The van der Waals surface area contributed by atoms with Crippen molar-refractivity contribution in [2.45, 2.75) is 72.2 Å². The van der Waals surface area contributed by atoms with E-state index in [2.05, 4.69) is 0 Å². The van der Waals surface area contributed by atoms with Crippen molar-refractivity contribution in [2.75, 3.05) is 0 Å². The van der Waals surface area contributed by atoms with Crippen LogP contribution in [-0.4, -0.2) is 12.4 Å². The average molecular weight is 577 g/mol. The predicted octanol–water partition coefficient (Wildman–Crippen LogP) is 10.8. The van der Waals surface area contributed by atoms with E-state index in [4.69, 9.17) is 9.47 Å². The first-order valence-corrected chi connectivity index (χ1v) is 13.3. The number of ether oxygens (including phenoxy) is 2. The van der Waals surface area contributed by atoms with Crippen molar-refractivity contribution < 1.29 is 35.8 Å². The second-order valence-electron chi connectivity index (χ2n) is 10.0. The Morgan fingerprint density at radius 2 is 1.20 bits per heavy atom. The number of alkyl halides is 6. The molecule has 0 aliphatic rings. The fourth-order valence-corrected chi connectivity index (χ4v) is 4.71. The minimum atomic E-state index is -5.70. The summed E-state index contributed by atoms with van der Waals surface area (Å²) < 4.78 is 98.8. The van der Waals surface area contributed by atoms with E-state index in [1.54, 1.807) is 25.1 Å². The zero-order valence-corrected chi connectivity index (χ0v) is 23.9. The van der Waals surface area contributed by atoms with Gasteiger partial charge in [0, 0.05) is 0 Å². The van der Waals surface area contributed by atoms with Crippen LogP contribution in [0.2, 0.25) is 0 Å². The largest absolute Gasteiger partial charge is 0.462 e. The number of hydrogen-bond donors (Lipinski definition) is 0.